The molecule has 4 aromatic rings. The molecule has 140 valence electrons. The summed E-state index contributed by atoms with van der Waals surface area (Å²) in [6.07, 6.45) is 0. The van der Waals surface area contributed by atoms with Crippen molar-refractivity contribution in [1.82, 2.24) is 0 Å². The molecular weight excluding hydrogens is 405 g/mol. The topological polar surface area (TPSA) is 40.5 Å². The van der Waals surface area contributed by atoms with E-state index in [9.17, 15) is 19.0 Å². The fraction of sp³-hybridized carbons (Fsp3) is 0. The molecule has 0 aliphatic heterocycles. The minimum Gasteiger partial charge on any atom is -0.507 e. The number of fused-ring (bicyclic) bond motifs is 1. The lowest BCUT2D eigenvalue weighted by Gasteiger charge is -2.12. The predicted octanol–water partition coefficient (Wildman–Crippen LogP) is 7.17. The molecule has 0 unspecified atom stereocenters. The van der Waals surface area contributed by atoms with Crippen LogP contribution in [0.3, 0.4) is 0 Å². The molecule has 0 amide bonds. The van der Waals surface area contributed by atoms with E-state index in [4.69, 9.17) is 23.2 Å². The zero-order valence-corrected chi connectivity index (χ0v) is 15.7. The smallest absolute Gasteiger partial charge is 0.131 e. The molecule has 0 bridgehead atoms. The number of benzene rings is 4. The molecule has 0 radical (unpaired) electrons. The third-order valence-electron chi connectivity index (χ3n) is 4.51. The van der Waals surface area contributed by atoms with Crippen LogP contribution >= 0.6 is 23.2 Å². The van der Waals surface area contributed by atoms with Crippen molar-refractivity contribution < 1.29 is 19.0 Å². The van der Waals surface area contributed by atoms with Gasteiger partial charge in [0.15, 0.2) is 0 Å². The van der Waals surface area contributed by atoms with Crippen molar-refractivity contribution in [2.45, 2.75) is 0 Å². The van der Waals surface area contributed by atoms with Crippen molar-refractivity contribution in [3.05, 3.63) is 82.3 Å². The summed E-state index contributed by atoms with van der Waals surface area (Å²) in [5.41, 5.74) is 0.734. The van der Waals surface area contributed by atoms with Gasteiger partial charge in [-0.25, -0.2) is 8.78 Å². The molecule has 0 aliphatic carbocycles. The van der Waals surface area contributed by atoms with Gasteiger partial charge in [0.25, 0.3) is 0 Å². The summed E-state index contributed by atoms with van der Waals surface area (Å²) in [6, 6.07) is 14.0. The number of rotatable bonds is 2. The summed E-state index contributed by atoms with van der Waals surface area (Å²) in [4.78, 5) is 0. The molecule has 0 saturated carbocycles. The molecule has 6 heteroatoms. The van der Waals surface area contributed by atoms with Crippen LogP contribution in [0.4, 0.5) is 8.78 Å². The van der Waals surface area contributed by atoms with Crippen molar-refractivity contribution in [2.24, 2.45) is 0 Å². The summed E-state index contributed by atoms with van der Waals surface area (Å²) >= 11 is 11.9. The van der Waals surface area contributed by atoms with Gasteiger partial charge in [-0.2, -0.15) is 0 Å². The normalized spacial score (nSPS) is 11.1. The lowest BCUT2D eigenvalue weighted by molar-refractivity contribution is 0.476. The van der Waals surface area contributed by atoms with Crippen LogP contribution in [0, 0.1) is 11.6 Å². The number of aromatic hydroxyl groups is 2. The average Bonchev–Trinajstić information content (AvgIpc) is 2.65. The van der Waals surface area contributed by atoms with Crippen molar-refractivity contribution in [3.63, 3.8) is 0 Å². The Morgan fingerprint density at radius 3 is 1.36 bits per heavy atom. The van der Waals surface area contributed by atoms with Gasteiger partial charge in [0.2, 0.25) is 0 Å². The number of halogens is 4. The number of hydrogen-bond donors (Lipinski definition) is 2. The third-order valence-corrected chi connectivity index (χ3v) is 4.98. The van der Waals surface area contributed by atoms with Gasteiger partial charge in [-0.3, -0.25) is 0 Å². The van der Waals surface area contributed by atoms with Crippen LogP contribution in [0.2, 0.25) is 10.0 Å². The van der Waals surface area contributed by atoms with Crippen LogP contribution in [0.15, 0.2) is 60.7 Å². The third kappa shape index (κ3) is 3.26. The Hall–Kier alpha value is -2.82. The second-order valence-corrected chi connectivity index (χ2v) is 7.21. The summed E-state index contributed by atoms with van der Waals surface area (Å²) < 4.78 is 28.5. The second-order valence-electron chi connectivity index (χ2n) is 6.33. The predicted molar refractivity (Wildman–Crippen MR) is 108 cm³/mol. The highest BCUT2D eigenvalue weighted by molar-refractivity contribution is 6.31. The summed E-state index contributed by atoms with van der Waals surface area (Å²) in [5.74, 6) is -1.43. The molecule has 0 spiro atoms. The molecule has 2 N–H and O–H groups in total. The Bertz CT molecular complexity index is 1150. The van der Waals surface area contributed by atoms with Crippen molar-refractivity contribution in [2.75, 3.05) is 0 Å². The van der Waals surface area contributed by atoms with E-state index in [1.165, 1.54) is 48.5 Å². The van der Waals surface area contributed by atoms with Crippen LogP contribution < -0.4 is 0 Å². The maximum atomic E-state index is 14.3. The Labute approximate surface area is 169 Å². The number of phenolic OH excluding ortho intramolecular Hbond substituents is 2. The van der Waals surface area contributed by atoms with E-state index >= 15 is 0 Å². The van der Waals surface area contributed by atoms with Gasteiger partial charge in [-0.15, -0.1) is 0 Å². The van der Waals surface area contributed by atoms with Gasteiger partial charge in [0.05, 0.1) is 0 Å². The van der Waals surface area contributed by atoms with E-state index in [-0.39, 0.29) is 33.8 Å². The van der Waals surface area contributed by atoms with E-state index in [0.717, 1.165) is 0 Å². The largest absolute Gasteiger partial charge is 0.507 e. The van der Waals surface area contributed by atoms with Gasteiger partial charge in [-0.1, -0.05) is 23.2 Å². The Balaban J connectivity index is 1.97. The van der Waals surface area contributed by atoms with Crippen LogP contribution in [0.1, 0.15) is 0 Å². The first-order valence-corrected chi connectivity index (χ1v) is 8.99. The van der Waals surface area contributed by atoms with Gasteiger partial charge in [0.1, 0.15) is 23.1 Å². The van der Waals surface area contributed by atoms with Crippen molar-refractivity contribution in [3.8, 4) is 33.8 Å². The van der Waals surface area contributed by atoms with E-state index in [1.807, 2.05) is 0 Å². The molecule has 0 fully saturated rings. The quantitative estimate of drug-likeness (QED) is 0.363. The van der Waals surface area contributed by atoms with Gasteiger partial charge in [0, 0.05) is 32.3 Å². The van der Waals surface area contributed by atoms with Gasteiger partial charge >= 0.3 is 0 Å². The SMILES string of the molecule is Oc1cc2cc(O)c(-c3cc(Cl)ccc3F)cc2cc1-c1cc(Cl)ccc1F. The summed E-state index contributed by atoms with van der Waals surface area (Å²) in [5, 5.41) is 22.5. The van der Waals surface area contributed by atoms with Gasteiger partial charge < -0.3 is 10.2 Å². The Kier molecular flexibility index (Phi) is 4.61. The molecule has 0 atom stereocenters. The zero-order valence-electron chi connectivity index (χ0n) is 14.2. The fourth-order valence-electron chi connectivity index (χ4n) is 3.16. The molecule has 28 heavy (non-hydrogen) atoms. The van der Waals surface area contributed by atoms with E-state index < -0.39 is 11.6 Å². The highest BCUT2D eigenvalue weighted by atomic mass is 35.5. The maximum Gasteiger partial charge on any atom is 0.131 e. The van der Waals surface area contributed by atoms with Crippen LogP contribution in [0.25, 0.3) is 33.0 Å². The lowest BCUT2D eigenvalue weighted by Crippen LogP contribution is -1.89. The molecular formula is C22H12Cl2F2O2. The first-order valence-electron chi connectivity index (χ1n) is 8.24. The minimum absolute atomic E-state index is 0.135. The van der Waals surface area contributed by atoms with Crippen molar-refractivity contribution in [1.29, 1.82) is 0 Å². The highest BCUT2D eigenvalue weighted by Gasteiger charge is 2.16. The zero-order chi connectivity index (χ0) is 20.0. The first kappa shape index (κ1) is 18.5. The van der Waals surface area contributed by atoms with E-state index in [2.05, 4.69) is 0 Å². The standard InChI is InChI=1S/C22H12Cl2F2O2/c23-13-1-3-19(25)15(9-13)17-5-11-6-18(16-10-14(24)2-4-20(16)26)22(28)8-12(11)7-21(17)27/h1-10,27-28H. The Morgan fingerprint density at radius 2 is 0.929 bits per heavy atom. The lowest BCUT2D eigenvalue weighted by atomic mass is 9.95. The maximum absolute atomic E-state index is 14.3. The minimum atomic E-state index is -0.543. The Morgan fingerprint density at radius 1 is 0.536 bits per heavy atom. The second kappa shape index (κ2) is 6.97. The molecule has 0 saturated heterocycles. The number of hydrogen-bond acceptors (Lipinski definition) is 2. The van der Waals surface area contributed by atoms with E-state index in [1.54, 1.807) is 12.1 Å². The monoisotopic (exact) mass is 416 g/mol. The fourth-order valence-corrected chi connectivity index (χ4v) is 3.51. The number of phenols is 2. The van der Waals surface area contributed by atoms with Crippen LogP contribution in [-0.4, -0.2) is 10.2 Å². The molecule has 4 aromatic carbocycles. The summed E-state index contributed by atoms with van der Waals surface area (Å²) in [6.45, 7) is 0. The van der Waals surface area contributed by atoms with Crippen LogP contribution in [-0.2, 0) is 0 Å². The van der Waals surface area contributed by atoms with Crippen LogP contribution in [0.5, 0.6) is 11.5 Å². The molecule has 0 aromatic heterocycles. The summed E-state index contributed by atoms with van der Waals surface area (Å²) in [7, 11) is 0. The average molecular weight is 417 g/mol. The van der Waals surface area contributed by atoms with Gasteiger partial charge in [-0.05, 0) is 71.4 Å². The molecule has 4 rings (SSSR count). The molecule has 0 heterocycles. The first-order chi connectivity index (χ1) is 13.3. The van der Waals surface area contributed by atoms with Crippen molar-refractivity contribution >= 4 is 34.0 Å². The molecule has 2 nitrogen and oxygen atoms in total. The highest BCUT2D eigenvalue weighted by Crippen LogP contribution is 2.40. The van der Waals surface area contributed by atoms with E-state index in [0.29, 0.717) is 20.8 Å². The molecule has 0 aliphatic rings.